The van der Waals surface area contributed by atoms with Crippen molar-refractivity contribution >= 4 is 39.0 Å². The van der Waals surface area contributed by atoms with Crippen molar-refractivity contribution in [2.45, 2.75) is 52.1 Å². The van der Waals surface area contributed by atoms with E-state index in [1.165, 1.54) is 12.1 Å². The molecule has 1 aromatic carbocycles. The number of aromatic nitrogens is 2. The van der Waals surface area contributed by atoms with Gasteiger partial charge in [-0.2, -0.15) is 0 Å². The summed E-state index contributed by atoms with van der Waals surface area (Å²) in [7, 11) is 3.58. The number of ether oxygens (including phenoxy) is 3. The first kappa shape index (κ1) is 31.4. The molecule has 0 saturated heterocycles. The van der Waals surface area contributed by atoms with E-state index >= 15 is 0 Å². The van der Waals surface area contributed by atoms with Crippen LogP contribution >= 0.6 is 11.3 Å². The van der Waals surface area contributed by atoms with Gasteiger partial charge in [0.2, 0.25) is 5.91 Å². The summed E-state index contributed by atoms with van der Waals surface area (Å²) < 4.78 is 31.8. The summed E-state index contributed by atoms with van der Waals surface area (Å²) in [4.78, 5) is 25.5. The Kier molecular flexibility index (Phi) is 10.5. The molecule has 1 aliphatic carbocycles. The lowest BCUT2D eigenvalue weighted by molar-refractivity contribution is -0.129. The number of alkyl carbamates (subject to hydrolysis) is 1. The van der Waals surface area contributed by atoms with Gasteiger partial charge in [-0.25, -0.2) is 9.18 Å². The van der Waals surface area contributed by atoms with E-state index in [1.807, 2.05) is 11.4 Å². The van der Waals surface area contributed by atoms with Crippen LogP contribution in [0.1, 0.15) is 52.1 Å². The van der Waals surface area contributed by atoms with E-state index in [0.29, 0.717) is 35.9 Å². The number of allylic oxidation sites excluding steroid dienone is 2. The summed E-state index contributed by atoms with van der Waals surface area (Å²) in [5.41, 5.74) is 2.71. The Morgan fingerprint density at radius 3 is 2.62 bits per heavy atom. The maximum absolute atomic E-state index is 14.2. The molecule has 0 spiro atoms. The highest BCUT2D eigenvalue weighted by atomic mass is 32.1. The number of thiophene rings is 1. The number of rotatable bonds is 11. The first-order chi connectivity index (χ1) is 20.0. The van der Waals surface area contributed by atoms with Gasteiger partial charge in [-0.05, 0) is 75.1 Å². The number of carbonyl (C=O) groups excluding carboxylic acids is 2. The molecule has 2 aromatic heterocycles. The molecule has 11 heteroatoms. The van der Waals surface area contributed by atoms with Crippen LogP contribution in [0.4, 0.5) is 9.18 Å². The van der Waals surface area contributed by atoms with Crippen molar-refractivity contribution in [2.24, 2.45) is 5.92 Å². The smallest absolute Gasteiger partial charge is 0.407 e. The monoisotopic (exact) mass is 598 g/mol. The Morgan fingerprint density at radius 1 is 1.12 bits per heavy atom. The van der Waals surface area contributed by atoms with Crippen LogP contribution in [0.3, 0.4) is 0 Å². The average Bonchev–Trinajstić information content (AvgIpc) is 3.42. The predicted octanol–water partition coefficient (Wildman–Crippen LogP) is 6.08. The van der Waals surface area contributed by atoms with Crippen LogP contribution in [0.2, 0.25) is 0 Å². The largest absolute Gasteiger partial charge is 0.490 e. The first-order valence-corrected chi connectivity index (χ1v) is 15.0. The predicted molar refractivity (Wildman–Crippen MR) is 162 cm³/mol. The second-order valence-electron chi connectivity index (χ2n) is 11.5. The molecular formula is C31H39FN4O5S. The SMILES string of the molecule is CN(C)C(=O)CC1CC=C(c2nnc(-c3ccc(F)cc3OCCOCCNC(=O)OC(C)(C)C)c3sccc23)CC1. The number of carbonyl (C=O) groups is 2. The van der Waals surface area contributed by atoms with E-state index in [-0.39, 0.29) is 25.7 Å². The molecule has 0 saturated carbocycles. The summed E-state index contributed by atoms with van der Waals surface area (Å²) in [5.74, 6) is 0.420. The van der Waals surface area contributed by atoms with Gasteiger partial charge in [0.05, 0.1) is 23.6 Å². The van der Waals surface area contributed by atoms with E-state index in [2.05, 4.69) is 21.6 Å². The number of hydrogen-bond donors (Lipinski definition) is 1. The Bertz CT molecular complexity index is 1430. The lowest BCUT2D eigenvalue weighted by Gasteiger charge is -2.23. The van der Waals surface area contributed by atoms with Crippen LogP contribution in [0.25, 0.3) is 26.9 Å². The molecule has 0 bridgehead atoms. The molecule has 0 radical (unpaired) electrons. The maximum atomic E-state index is 14.2. The van der Waals surface area contributed by atoms with Crippen molar-refractivity contribution < 1.29 is 28.2 Å². The Balaban J connectivity index is 1.40. The summed E-state index contributed by atoms with van der Waals surface area (Å²) in [5, 5.41) is 14.8. The van der Waals surface area contributed by atoms with Crippen LogP contribution in [0, 0.1) is 11.7 Å². The minimum absolute atomic E-state index is 0.153. The van der Waals surface area contributed by atoms with E-state index in [4.69, 9.17) is 14.2 Å². The van der Waals surface area contributed by atoms with Crippen molar-refractivity contribution in [3.63, 3.8) is 0 Å². The molecule has 42 heavy (non-hydrogen) atoms. The Labute approximate surface area is 250 Å². The summed E-state index contributed by atoms with van der Waals surface area (Å²) in [6.45, 7) is 6.41. The maximum Gasteiger partial charge on any atom is 0.407 e. The average molecular weight is 599 g/mol. The number of hydrogen-bond acceptors (Lipinski definition) is 8. The highest BCUT2D eigenvalue weighted by Gasteiger charge is 2.23. The lowest BCUT2D eigenvalue weighted by atomic mass is 9.85. The van der Waals surface area contributed by atoms with Gasteiger partial charge in [0, 0.05) is 44.1 Å². The molecule has 9 nitrogen and oxygen atoms in total. The van der Waals surface area contributed by atoms with Gasteiger partial charge < -0.3 is 24.4 Å². The lowest BCUT2D eigenvalue weighted by Crippen LogP contribution is -2.34. The Hall–Kier alpha value is -3.57. The van der Waals surface area contributed by atoms with E-state index in [9.17, 15) is 14.0 Å². The van der Waals surface area contributed by atoms with Gasteiger partial charge in [0.25, 0.3) is 0 Å². The topological polar surface area (TPSA) is 103 Å². The van der Waals surface area contributed by atoms with Crippen LogP contribution in [0.5, 0.6) is 5.75 Å². The molecule has 0 fully saturated rings. The summed E-state index contributed by atoms with van der Waals surface area (Å²) >= 11 is 1.56. The third kappa shape index (κ3) is 8.48. The second-order valence-corrected chi connectivity index (χ2v) is 12.4. The van der Waals surface area contributed by atoms with Crippen LogP contribution < -0.4 is 10.1 Å². The van der Waals surface area contributed by atoms with Crippen molar-refractivity contribution in [1.29, 1.82) is 0 Å². The summed E-state index contributed by atoms with van der Waals surface area (Å²) in [6.07, 6.45) is 4.83. The van der Waals surface area contributed by atoms with Crippen LogP contribution in [-0.4, -0.2) is 73.2 Å². The molecule has 1 aliphatic rings. The van der Waals surface area contributed by atoms with Gasteiger partial charge in [-0.1, -0.05) is 6.08 Å². The molecule has 3 aromatic rings. The van der Waals surface area contributed by atoms with E-state index in [1.54, 1.807) is 57.2 Å². The van der Waals surface area contributed by atoms with Crippen molar-refractivity contribution in [3.05, 3.63) is 47.2 Å². The molecule has 1 N–H and O–H groups in total. The second kappa shape index (κ2) is 14.1. The third-order valence-corrected chi connectivity index (χ3v) is 7.69. The van der Waals surface area contributed by atoms with E-state index in [0.717, 1.165) is 40.6 Å². The minimum atomic E-state index is -0.564. The highest BCUT2D eigenvalue weighted by molar-refractivity contribution is 7.17. The Morgan fingerprint density at radius 2 is 1.90 bits per heavy atom. The first-order valence-electron chi connectivity index (χ1n) is 14.1. The molecule has 0 aliphatic heterocycles. The normalized spacial score (nSPS) is 15.3. The number of fused-ring (bicyclic) bond motifs is 1. The number of amides is 2. The number of nitrogens with zero attached hydrogens (tertiary/aromatic N) is 3. The zero-order valence-corrected chi connectivity index (χ0v) is 25.7. The fourth-order valence-corrected chi connectivity index (χ4v) is 5.57. The zero-order chi connectivity index (χ0) is 30.3. The molecule has 2 amide bonds. The van der Waals surface area contributed by atoms with Crippen molar-refractivity contribution in [2.75, 3.05) is 40.5 Å². The van der Waals surface area contributed by atoms with Gasteiger partial charge in [-0.15, -0.1) is 21.5 Å². The standard InChI is InChI=1S/C31H39FN4O5S/c1-31(2,3)41-30(38)33-13-14-39-15-16-40-25-19-22(32)10-11-23(25)28-29-24(12-17-42-29)27(34-35-28)21-8-6-20(7-9-21)18-26(37)36(4)5/h8,10-12,17,19-20H,6-7,9,13-16,18H2,1-5H3,(H,33,38). The van der Waals surface area contributed by atoms with Gasteiger partial charge >= 0.3 is 6.09 Å². The van der Waals surface area contributed by atoms with Gasteiger partial charge in [0.1, 0.15) is 29.5 Å². The van der Waals surface area contributed by atoms with Crippen molar-refractivity contribution in [3.8, 4) is 17.0 Å². The number of halogens is 1. The summed E-state index contributed by atoms with van der Waals surface area (Å²) in [6, 6.07) is 6.42. The fourth-order valence-electron chi connectivity index (χ4n) is 4.67. The fraction of sp³-hybridized carbons (Fsp3) is 0.484. The zero-order valence-electron chi connectivity index (χ0n) is 24.9. The highest BCUT2D eigenvalue weighted by Crippen LogP contribution is 2.40. The van der Waals surface area contributed by atoms with E-state index < -0.39 is 17.5 Å². The molecule has 1 atom stereocenters. The number of nitrogens with one attached hydrogen (secondary N) is 1. The van der Waals surface area contributed by atoms with Gasteiger partial charge in [0.15, 0.2) is 0 Å². The van der Waals surface area contributed by atoms with Crippen LogP contribution in [0.15, 0.2) is 35.7 Å². The van der Waals surface area contributed by atoms with Crippen LogP contribution in [-0.2, 0) is 14.3 Å². The van der Waals surface area contributed by atoms with Gasteiger partial charge in [-0.3, -0.25) is 4.79 Å². The molecular weight excluding hydrogens is 559 g/mol. The molecule has 4 rings (SSSR count). The molecule has 226 valence electrons. The number of benzene rings is 1. The minimum Gasteiger partial charge on any atom is -0.490 e. The quantitative estimate of drug-likeness (QED) is 0.267. The third-order valence-electron chi connectivity index (χ3n) is 6.77. The molecule has 2 heterocycles. The molecule has 1 unspecified atom stereocenters. The van der Waals surface area contributed by atoms with Crippen molar-refractivity contribution in [1.82, 2.24) is 20.4 Å².